The zero-order valence-electron chi connectivity index (χ0n) is 11.8. The average Bonchev–Trinajstić information content (AvgIpc) is 2.39. The fourth-order valence-corrected chi connectivity index (χ4v) is 3.79. The standard InChI is InChI=1S/C13H21N3O3S/c1-10(2)16-7-4-11(5-8-16)15-20(18,19)13-9-14-6-3-12(13)17/h3,6,9-11,15H,4-5,7-8H2,1-2H3,(H,14,17). The maximum atomic E-state index is 12.2. The van der Waals surface area contributed by atoms with Crippen LogP contribution in [0.25, 0.3) is 0 Å². The van der Waals surface area contributed by atoms with Crippen LogP contribution in [0.4, 0.5) is 0 Å². The molecule has 112 valence electrons. The second-order valence-corrected chi connectivity index (χ2v) is 7.08. The summed E-state index contributed by atoms with van der Waals surface area (Å²) < 4.78 is 27.0. The Kier molecular flexibility index (Phi) is 4.62. The van der Waals surface area contributed by atoms with Crippen LogP contribution < -0.4 is 10.2 Å². The summed E-state index contributed by atoms with van der Waals surface area (Å²) >= 11 is 0. The number of nitrogens with zero attached hydrogens (tertiary/aromatic N) is 1. The van der Waals surface area contributed by atoms with Gasteiger partial charge in [0.1, 0.15) is 4.90 Å². The predicted molar refractivity (Wildman–Crippen MR) is 77.1 cm³/mol. The summed E-state index contributed by atoms with van der Waals surface area (Å²) in [6.45, 7) is 6.01. The van der Waals surface area contributed by atoms with E-state index in [-0.39, 0.29) is 10.9 Å². The monoisotopic (exact) mass is 299 g/mol. The van der Waals surface area contributed by atoms with Crippen molar-refractivity contribution in [2.45, 2.75) is 43.7 Å². The van der Waals surface area contributed by atoms with Crippen LogP contribution in [0, 0.1) is 0 Å². The molecule has 1 aliphatic rings. The van der Waals surface area contributed by atoms with Gasteiger partial charge in [0.25, 0.3) is 0 Å². The molecule has 7 heteroatoms. The molecule has 0 saturated carbocycles. The highest BCUT2D eigenvalue weighted by atomic mass is 32.2. The highest BCUT2D eigenvalue weighted by molar-refractivity contribution is 7.89. The molecule has 0 atom stereocenters. The van der Waals surface area contributed by atoms with Gasteiger partial charge in [-0.15, -0.1) is 0 Å². The molecule has 2 rings (SSSR count). The number of rotatable bonds is 4. The summed E-state index contributed by atoms with van der Waals surface area (Å²) in [5.74, 6) is 0. The number of aromatic nitrogens is 1. The van der Waals surface area contributed by atoms with E-state index >= 15 is 0 Å². The fraction of sp³-hybridized carbons (Fsp3) is 0.615. The molecule has 1 aliphatic heterocycles. The summed E-state index contributed by atoms with van der Waals surface area (Å²) in [7, 11) is -3.74. The first-order chi connectivity index (χ1) is 9.40. The van der Waals surface area contributed by atoms with Crippen LogP contribution in [0.5, 0.6) is 0 Å². The number of hydrogen-bond donors (Lipinski definition) is 2. The van der Waals surface area contributed by atoms with Gasteiger partial charge in [0, 0.05) is 30.5 Å². The fourth-order valence-electron chi connectivity index (χ4n) is 2.43. The van der Waals surface area contributed by atoms with Gasteiger partial charge in [-0.2, -0.15) is 0 Å². The molecule has 1 fully saturated rings. The van der Waals surface area contributed by atoms with E-state index < -0.39 is 15.5 Å². The summed E-state index contributed by atoms with van der Waals surface area (Å²) in [5, 5.41) is 0. The minimum atomic E-state index is -3.74. The van der Waals surface area contributed by atoms with Gasteiger partial charge in [-0.3, -0.25) is 4.79 Å². The first-order valence-corrected chi connectivity index (χ1v) is 8.32. The van der Waals surface area contributed by atoms with Gasteiger partial charge < -0.3 is 9.88 Å². The van der Waals surface area contributed by atoms with E-state index in [0.29, 0.717) is 6.04 Å². The largest absolute Gasteiger partial charge is 0.366 e. The molecule has 0 aromatic carbocycles. The summed E-state index contributed by atoms with van der Waals surface area (Å²) in [4.78, 5) is 16.3. The molecule has 2 heterocycles. The van der Waals surface area contributed by atoms with Crippen molar-refractivity contribution in [2.24, 2.45) is 0 Å². The maximum Gasteiger partial charge on any atom is 0.246 e. The molecule has 0 amide bonds. The zero-order chi connectivity index (χ0) is 14.8. The first-order valence-electron chi connectivity index (χ1n) is 6.83. The van der Waals surface area contributed by atoms with E-state index in [1.165, 1.54) is 18.5 Å². The van der Waals surface area contributed by atoms with Crippen LogP contribution in [-0.4, -0.2) is 43.5 Å². The Morgan fingerprint density at radius 2 is 2.00 bits per heavy atom. The number of likely N-dealkylation sites (tertiary alicyclic amines) is 1. The Labute approximate surface area is 119 Å². The van der Waals surface area contributed by atoms with Gasteiger partial charge in [0.2, 0.25) is 15.5 Å². The molecule has 20 heavy (non-hydrogen) atoms. The average molecular weight is 299 g/mol. The molecule has 0 radical (unpaired) electrons. The lowest BCUT2D eigenvalue weighted by Crippen LogP contribution is -2.47. The number of H-pyrrole nitrogens is 1. The Morgan fingerprint density at radius 3 is 2.55 bits per heavy atom. The van der Waals surface area contributed by atoms with Crippen molar-refractivity contribution in [1.29, 1.82) is 0 Å². The smallest absolute Gasteiger partial charge is 0.246 e. The number of nitrogens with one attached hydrogen (secondary N) is 2. The Hall–Kier alpha value is -1.18. The van der Waals surface area contributed by atoms with Crippen molar-refractivity contribution in [1.82, 2.24) is 14.6 Å². The summed E-state index contributed by atoms with van der Waals surface area (Å²) in [6.07, 6.45) is 4.18. The minimum absolute atomic E-state index is 0.102. The summed E-state index contributed by atoms with van der Waals surface area (Å²) in [5.41, 5.74) is -0.490. The molecule has 0 aliphatic carbocycles. The SMILES string of the molecule is CC(C)N1CCC(NS(=O)(=O)c2c[nH]ccc2=O)CC1. The molecule has 1 aromatic heterocycles. The first kappa shape index (κ1) is 15.2. The normalized spacial score (nSPS) is 18.6. The van der Waals surface area contributed by atoms with E-state index in [1.807, 2.05) is 0 Å². The van der Waals surface area contributed by atoms with Crippen LogP contribution >= 0.6 is 0 Å². The van der Waals surface area contributed by atoms with Gasteiger partial charge in [0.15, 0.2) is 0 Å². The predicted octanol–water partition coefficient (Wildman–Crippen LogP) is 0.526. The maximum absolute atomic E-state index is 12.2. The van der Waals surface area contributed by atoms with Crippen molar-refractivity contribution in [2.75, 3.05) is 13.1 Å². The Morgan fingerprint density at radius 1 is 1.35 bits per heavy atom. The summed E-state index contributed by atoms with van der Waals surface area (Å²) in [6, 6.07) is 1.59. The van der Waals surface area contributed by atoms with E-state index in [2.05, 4.69) is 28.5 Å². The zero-order valence-corrected chi connectivity index (χ0v) is 12.6. The third kappa shape index (κ3) is 3.47. The number of aromatic amines is 1. The molecule has 1 aromatic rings. The number of hydrogen-bond acceptors (Lipinski definition) is 4. The van der Waals surface area contributed by atoms with Crippen molar-refractivity contribution < 1.29 is 8.42 Å². The number of sulfonamides is 1. The highest BCUT2D eigenvalue weighted by Gasteiger charge is 2.26. The Bertz CT molecular complexity index is 601. The van der Waals surface area contributed by atoms with E-state index in [0.717, 1.165) is 25.9 Å². The minimum Gasteiger partial charge on any atom is -0.366 e. The molecule has 0 unspecified atom stereocenters. The highest BCUT2D eigenvalue weighted by Crippen LogP contribution is 2.15. The van der Waals surface area contributed by atoms with E-state index in [9.17, 15) is 13.2 Å². The number of piperidine rings is 1. The topological polar surface area (TPSA) is 82.3 Å². The molecule has 6 nitrogen and oxygen atoms in total. The lowest BCUT2D eigenvalue weighted by Gasteiger charge is -2.34. The lowest BCUT2D eigenvalue weighted by atomic mass is 10.1. The van der Waals surface area contributed by atoms with Gasteiger partial charge in [0.05, 0.1) is 0 Å². The lowest BCUT2D eigenvalue weighted by molar-refractivity contribution is 0.168. The second-order valence-electron chi connectivity index (χ2n) is 5.40. The van der Waals surface area contributed by atoms with E-state index in [4.69, 9.17) is 0 Å². The molecule has 2 N–H and O–H groups in total. The third-order valence-corrected chi connectivity index (χ3v) is 5.20. The Balaban J connectivity index is 2.04. The molecule has 1 saturated heterocycles. The van der Waals surface area contributed by atoms with Crippen LogP contribution in [0.1, 0.15) is 26.7 Å². The second kappa shape index (κ2) is 6.07. The molecular weight excluding hydrogens is 278 g/mol. The van der Waals surface area contributed by atoms with Crippen molar-refractivity contribution in [3.8, 4) is 0 Å². The van der Waals surface area contributed by atoms with Crippen molar-refractivity contribution in [3.05, 3.63) is 28.7 Å². The third-order valence-electron chi connectivity index (χ3n) is 3.66. The van der Waals surface area contributed by atoms with Crippen molar-refractivity contribution >= 4 is 10.0 Å². The van der Waals surface area contributed by atoms with Crippen LogP contribution in [0.2, 0.25) is 0 Å². The van der Waals surface area contributed by atoms with Crippen LogP contribution in [0.15, 0.2) is 28.2 Å². The van der Waals surface area contributed by atoms with Crippen LogP contribution in [-0.2, 0) is 10.0 Å². The molecular formula is C13H21N3O3S. The van der Waals surface area contributed by atoms with Crippen LogP contribution in [0.3, 0.4) is 0 Å². The van der Waals surface area contributed by atoms with Crippen molar-refractivity contribution in [3.63, 3.8) is 0 Å². The molecule has 0 bridgehead atoms. The molecule has 0 spiro atoms. The number of pyridine rings is 1. The van der Waals surface area contributed by atoms with Gasteiger partial charge in [-0.25, -0.2) is 13.1 Å². The van der Waals surface area contributed by atoms with Gasteiger partial charge in [-0.05, 0) is 39.8 Å². The quantitative estimate of drug-likeness (QED) is 0.849. The van der Waals surface area contributed by atoms with Gasteiger partial charge >= 0.3 is 0 Å². The van der Waals surface area contributed by atoms with Gasteiger partial charge in [-0.1, -0.05) is 0 Å². The van der Waals surface area contributed by atoms with E-state index in [1.54, 1.807) is 0 Å².